The molecule has 0 atom stereocenters. The molecule has 4 nitrogen and oxygen atoms in total. The van der Waals surface area contributed by atoms with Crippen molar-refractivity contribution in [3.05, 3.63) is 46.9 Å². The molecule has 0 unspecified atom stereocenters. The number of nitrogens with one attached hydrogen (secondary N) is 1. The third kappa shape index (κ3) is 2.52. The minimum absolute atomic E-state index is 0.266. The Morgan fingerprint density at radius 1 is 1.29 bits per heavy atom. The molecule has 0 spiro atoms. The summed E-state index contributed by atoms with van der Waals surface area (Å²) in [5.74, 6) is 0.445. The van der Waals surface area contributed by atoms with Crippen LogP contribution in [0.25, 0.3) is 0 Å². The van der Waals surface area contributed by atoms with Gasteiger partial charge in [0.25, 0.3) is 0 Å². The Balaban J connectivity index is 2.35. The van der Waals surface area contributed by atoms with E-state index in [1.165, 1.54) is 12.4 Å². The molecule has 1 heterocycles. The van der Waals surface area contributed by atoms with Gasteiger partial charge in [-0.2, -0.15) is 5.26 Å². The average molecular weight is 245 g/mol. The molecule has 0 aliphatic carbocycles. The van der Waals surface area contributed by atoms with Crippen molar-refractivity contribution in [3.63, 3.8) is 0 Å². The Labute approximate surface area is 104 Å². The van der Waals surface area contributed by atoms with Crippen LogP contribution in [0.5, 0.6) is 0 Å². The summed E-state index contributed by atoms with van der Waals surface area (Å²) in [6, 6.07) is 7.44. The minimum Gasteiger partial charge on any atom is -0.338 e. The van der Waals surface area contributed by atoms with Crippen LogP contribution in [0, 0.1) is 18.3 Å². The van der Waals surface area contributed by atoms with Crippen molar-refractivity contribution in [1.29, 1.82) is 5.26 Å². The first kappa shape index (κ1) is 11.4. The SMILES string of the molecule is Cc1cc(Cl)ccc1Nc1nccnc1C#N. The molecule has 1 aromatic heterocycles. The van der Waals surface area contributed by atoms with Gasteiger partial charge in [-0.1, -0.05) is 11.6 Å². The van der Waals surface area contributed by atoms with Gasteiger partial charge < -0.3 is 5.32 Å². The third-order valence-corrected chi connectivity index (χ3v) is 2.48. The van der Waals surface area contributed by atoms with E-state index in [4.69, 9.17) is 16.9 Å². The van der Waals surface area contributed by atoms with E-state index >= 15 is 0 Å². The summed E-state index contributed by atoms with van der Waals surface area (Å²) in [5, 5.41) is 12.6. The standard InChI is InChI=1S/C12H9ClN4/c1-8-6-9(13)2-3-10(8)17-12-11(7-14)15-4-5-16-12/h2-6H,1H3,(H,16,17). The van der Waals surface area contributed by atoms with E-state index in [2.05, 4.69) is 15.3 Å². The predicted molar refractivity (Wildman–Crippen MR) is 66.2 cm³/mol. The van der Waals surface area contributed by atoms with Crippen LogP contribution in [0.15, 0.2) is 30.6 Å². The van der Waals surface area contributed by atoms with Crippen LogP contribution in [-0.4, -0.2) is 9.97 Å². The predicted octanol–water partition coefficient (Wildman–Crippen LogP) is 3.05. The van der Waals surface area contributed by atoms with Gasteiger partial charge in [0.1, 0.15) is 6.07 Å². The molecule has 0 saturated heterocycles. The smallest absolute Gasteiger partial charge is 0.183 e. The zero-order valence-electron chi connectivity index (χ0n) is 9.11. The molecular weight excluding hydrogens is 236 g/mol. The van der Waals surface area contributed by atoms with Gasteiger partial charge in [0.2, 0.25) is 0 Å². The molecule has 0 radical (unpaired) electrons. The van der Waals surface area contributed by atoms with Gasteiger partial charge in [-0.25, -0.2) is 9.97 Å². The lowest BCUT2D eigenvalue weighted by molar-refractivity contribution is 1.16. The van der Waals surface area contributed by atoms with Crippen LogP contribution < -0.4 is 5.32 Å². The molecule has 2 rings (SSSR count). The second-order valence-electron chi connectivity index (χ2n) is 3.45. The summed E-state index contributed by atoms with van der Waals surface area (Å²) in [6.07, 6.45) is 3.02. The van der Waals surface area contributed by atoms with Gasteiger partial charge in [-0.3, -0.25) is 0 Å². The first-order valence-electron chi connectivity index (χ1n) is 4.95. The molecule has 1 aromatic carbocycles. The molecule has 1 N–H and O–H groups in total. The van der Waals surface area contributed by atoms with Crippen LogP contribution in [0.4, 0.5) is 11.5 Å². The molecule has 0 fully saturated rings. The summed E-state index contributed by atoms with van der Waals surface area (Å²) in [5.41, 5.74) is 2.10. The summed E-state index contributed by atoms with van der Waals surface area (Å²) < 4.78 is 0. The summed E-state index contributed by atoms with van der Waals surface area (Å²) in [4.78, 5) is 8.01. The zero-order valence-corrected chi connectivity index (χ0v) is 9.86. The van der Waals surface area contributed by atoms with Gasteiger partial charge in [-0.05, 0) is 30.7 Å². The summed E-state index contributed by atoms with van der Waals surface area (Å²) in [7, 11) is 0. The fourth-order valence-corrected chi connectivity index (χ4v) is 1.63. The maximum absolute atomic E-state index is 8.90. The lowest BCUT2D eigenvalue weighted by atomic mass is 10.2. The molecule has 84 valence electrons. The fourth-order valence-electron chi connectivity index (χ4n) is 1.41. The van der Waals surface area contributed by atoms with Crippen molar-refractivity contribution in [2.24, 2.45) is 0 Å². The monoisotopic (exact) mass is 244 g/mol. The second kappa shape index (κ2) is 4.81. The molecule has 2 aromatic rings. The van der Waals surface area contributed by atoms with Crippen LogP contribution in [-0.2, 0) is 0 Å². The Hall–Kier alpha value is -2.12. The highest BCUT2D eigenvalue weighted by Gasteiger charge is 2.06. The van der Waals surface area contributed by atoms with Gasteiger partial charge in [0, 0.05) is 23.1 Å². The van der Waals surface area contributed by atoms with E-state index in [0.29, 0.717) is 10.8 Å². The molecule has 0 aliphatic heterocycles. The Kier molecular flexibility index (Phi) is 3.22. The van der Waals surface area contributed by atoms with Crippen molar-refractivity contribution >= 4 is 23.1 Å². The zero-order chi connectivity index (χ0) is 12.3. The van der Waals surface area contributed by atoms with Crippen LogP contribution in [0.1, 0.15) is 11.3 Å². The van der Waals surface area contributed by atoms with Gasteiger partial charge in [0.15, 0.2) is 11.5 Å². The van der Waals surface area contributed by atoms with Gasteiger partial charge >= 0.3 is 0 Å². The quantitative estimate of drug-likeness (QED) is 0.882. The van der Waals surface area contributed by atoms with E-state index in [9.17, 15) is 0 Å². The Bertz CT molecular complexity index is 589. The van der Waals surface area contributed by atoms with E-state index < -0.39 is 0 Å². The molecule has 0 saturated carbocycles. The average Bonchev–Trinajstić information content (AvgIpc) is 2.33. The largest absolute Gasteiger partial charge is 0.338 e. The normalized spacial score (nSPS) is 9.71. The molecule has 0 bridgehead atoms. The minimum atomic E-state index is 0.266. The van der Waals surface area contributed by atoms with Gasteiger partial charge in [0.05, 0.1) is 0 Å². The van der Waals surface area contributed by atoms with Crippen molar-refractivity contribution in [3.8, 4) is 6.07 Å². The van der Waals surface area contributed by atoms with Crippen molar-refractivity contribution in [1.82, 2.24) is 9.97 Å². The number of anilines is 2. The molecule has 17 heavy (non-hydrogen) atoms. The molecule has 0 aliphatic rings. The first-order valence-corrected chi connectivity index (χ1v) is 5.33. The van der Waals surface area contributed by atoms with E-state index in [1.54, 1.807) is 6.07 Å². The maximum Gasteiger partial charge on any atom is 0.183 e. The maximum atomic E-state index is 8.90. The number of nitriles is 1. The van der Waals surface area contributed by atoms with Crippen LogP contribution >= 0.6 is 11.6 Å². The molecular formula is C12H9ClN4. The summed E-state index contributed by atoms with van der Waals surface area (Å²) >= 11 is 5.87. The third-order valence-electron chi connectivity index (χ3n) is 2.25. The molecule has 5 heteroatoms. The number of aryl methyl sites for hydroxylation is 1. The highest BCUT2D eigenvalue weighted by Crippen LogP contribution is 2.23. The van der Waals surface area contributed by atoms with Crippen molar-refractivity contribution in [2.45, 2.75) is 6.92 Å². The molecule has 0 amide bonds. The number of halogens is 1. The van der Waals surface area contributed by atoms with Crippen LogP contribution in [0.2, 0.25) is 5.02 Å². The lowest BCUT2D eigenvalue weighted by Crippen LogP contribution is -1.99. The number of aromatic nitrogens is 2. The van der Waals surface area contributed by atoms with E-state index in [1.807, 2.05) is 25.1 Å². The number of benzene rings is 1. The van der Waals surface area contributed by atoms with Crippen LogP contribution in [0.3, 0.4) is 0 Å². The number of hydrogen-bond acceptors (Lipinski definition) is 4. The summed E-state index contributed by atoms with van der Waals surface area (Å²) in [6.45, 7) is 1.93. The first-order chi connectivity index (χ1) is 8.20. The van der Waals surface area contributed by atoms with E-state index in [-0.39, 0.29) is 5.69 Å². The Morgan fingerprint density at radius 2 is 2.06 bits per heavy atom. The number of rotatable bonds is 2. The fraction of sp³-hybridized carbons (Fsp3) is 0.0833. The van der Waals surface area contributed by atoms with Crippen molar-refractivity contribution < 1.29 is 0 Å². The highest BCUT2D eigenvalue weighted by molar-refractivity contribution is 6.30. The Morgan fingerprint density at radius 3 is 2.76 bits per heavy atom. The highest BCUT2D eigenvalue weighted by atomic mass is 35.5. The van der Waals surface area contributed by atoms with E-state index in [0.717, 1.165) is 11.3 Å². The number of nitrogens with zero attached hydrogens (tertiary/aromatic N) is 3. The second-order valence-corrected chi connectivity index (χ2v) is 3.89. The number of hydrogen-bond donors (Lipinski definition) is 1. The topological polar surface area (TPSA) is 61.6 Å². The van der Waals surface area contributed by atoms with Gasteiger partial charge in [-0.15, -0.1) is 0 Å². The van der Waals surface area contributed by atoms with Crippen molar-refractivity contribution in [2.75, 3.05) is 5.32 Å². The lowest BCUT2D eigenvalue weighted by Gasteiger charge is -2.09.